The summed E-state index contributed by atoms with van der Waals surface area (Å²) in [5, 5.41) is 3.03. The number of nitrogens with one attached hydrogen (secondary N) is 1. The van der Waals surface area contributed by atoms with Crippen LogP contribution in [0.1, 0.15) is 71.1 Å². The van der Waals surface area contributed by atoms with Gasteiger partial charge in [-0.3, -0.25) is 4.52 Å². The van der Waals surface area contributed by atoms with E-state index in [9.17, 15) is 4.57 Å². The molecule has 0 saturated heterocycles. The van der Waals surface area contributed by atoms with E-state index in [1.807, 2.05) is 0 Å². The van der Waals surface area contributed by atoms with E-state index in [2.05, 4.69) is 16.8 Å². The predicted molar refractivity (Wildman–Crippen MR) is 101 cm³/mol. The molecule has 0 fully saturated rings. The van der Waals surface area contributed by atoms with Gasteiger partial charge in [-0.05, 0) is 6.42 Å². The fourth-order valence-electron chi connectivity index (χ4n) is 2.10. The van der Waals surface area contributed by atoms with Crippen LogP contribution >= 0.6 is 7.82 Å². The Morgan fingerprint density at radius 1 is 0.833 bits per heavy atom. The van der Waals surface area contributed by atoms with Gasteiger partial charge in [0, 0.05) is 26.2 Å². The normalized spacial score (nSPS) is 11.2. The van der Waals surface area contributed by atoms with E-state index in [1.165, 1.54) is 44.9 Å². The van der Waals surface area contributed by atoms with Gasteiger partial charge in [-0.15, -0.1) is 0 Å². The summed E-state index contributed by atoms with van der Waals surface area (Å²) in [6.07, 6.45) is 12.0. The number of hydrogen-bond donors (Lipinski definition) is 5. The van der Waals surface area contributed by atoms with Crippen molar-refractivity contribution in [2.75, 3.05) is 32.8 Å². The van der Waals surface area contributed by atoms with Crippen molar-refractivity contribution < 1.29 is 18.9 Å². The standard InChI is InChI=1S/C12H27O4P.C4H13N3/c1-2-3-4-5-6-7-8-9-10-11-12-16-17(13,14)15;5-1-3-7-4-2-6/h2-12H2,1H3,(H2,13,14,15);7H,1-6H2. The molecule has 0 aliphatic heterocycles. The zero-order chi connectivity index (χ0) is 18.5. The first kappa shape index (κ1) is 26.2. The van der Waals surface area contributed by atoms with E-state index in [0.29, 0.717) is 13.1 Å². The molecule has 0 radical (unpaired) electrons. The summed E-state index contributed by atoms with van der Waals surface area (Å²) in [4.78, 5) is 16.9. The number of nitrogens with two attached hydrogens (primary N) is 2. The maximum absolute atomic E-state index is 10.4. The Bertz CT molecular complexity index is 274. The van der Waals surface area contributed by atoms with Gasteiger partial charge in [0.05, 0.1) is 6.61 Å². The molecule has 0 heterocycles. The summed E-state index contributed by atoms with van der Waals surface area (Å²) in [5.74, 6) is 0. The third-order valence-corrected chi connectivity index (χ3v) is 3.92. The molecule has 0 bridgehead atoms. The Morgan fingerprint density at radius 3 is 1.62 bits per heavy atom. The molecule has 8 heteroatoms. The van der Waals surface area contributed by atoms with Crippen molar-refractivity contribution in [3.05, 3.63) is 0 Å². The second-order valence-corrected chi connectivity index (χ2v) is 7.07. The third-order valence-electron chi connectivity index (χ3n) is 3.40. The Hall–Kier alpha value is -0.0100. The van der Waals surface area contributed by atoms with Gasteiger partial charge in [0.2, 0.25) is 0 Å². The van der Waals surface area contributed by atoms with Crippen molar-refractivity contribution in [2.45, 2.75) is 71.1 Å². The monoisotopic (exact) mass is 369 g/mol. The van der Waals surface area contributed by atoms with Gasteiger partial charge in [-0.1, -0.05) is 64.7 Å². The lowest BCUT2D eigenvalue weighted by Gasteiger charge is -2.05. The van der Waals surface area contributed by atoms with Crippen LogP contribution in [0.4, 0.5) is 0 Å². The Morgan fingerprint density at radius 2 is 1.25 bits per heavy atom. The summed E-state index contributed by atoms with van der Waals surface area (Å²) in [5.41, 5.74) is 10.3. The van der Waals surface area contributed by atoms with Gasteiger partial charge < -0.3 is 26.6 Å². The molecular weight excluding hydrogens is 329 g/mol. The van der Waals surface area contributed by atoms with Gasteiger partial charge in [-0.2, -0.15) is 0 Å². The number of phosphoric ester groups is 1. The van der Waals surface area contributed by atoms with Crippen molar-refractivity contribution in [1.82, 2.24) is 5.32 Å². The Labute approximate surface area is 148 Å². The lowest BCUT2D eigenvalue weighted by atomic mass is 10.1. The first-order valence-corrected chi connectivity index (χ1v) is 10.8. The molecule has 0 saturated carbocycles. The van der Waals surface area contributed by atoms with Crippen LogP contribution in [0.3, 0.4) is 0 Å². The van der Waals surface area contributed by atoms with Crippen LogP contribution in [-0.4, -0.2) is 42.6 Å². The summed E-state index contributed by atoms with van der Waals surface area (Å²) in [6, 6.07) is 0. The van der Waals surface area contributed by atoms with Crippen LogP contribution in [0, 0.1) is 0 Å². The predicted octanol–water partition coefficient (Wildman–Crippen LogP) is 2.51. The zero-order valence-corrected chi connectivity index (χ0v) is 16.3. The van der Waals surface area contributed by atoms with E-state index in [1.54, 1.807) is 0 Å². The molecule has 0 aromatic carbocycles. The van der Waals surface area contributed by atoms with Gasteiger partial charge in [-0.25, -0.2) is 4.57 Å². The van der Waals surface area contributed by atoms with Gasteiger partial charge in [0.1, 0.15) is 0 Å². The number of hydrogen-bond acceptors (Lipinski definition) is 5. The maximum atomic E-state index is 10.4. The molecule has 7 nitrogen and oxygen atoms in total. The molecular formula is C16H40N3O4P. The third kappa shape index (κ3) is 29.9. The van der Waals surface area contributed by atoms with Crippen LogP contribution in [0.5, 0.6) is 0 Å². The molecule has 0 unspecified atom stereocenters. The molecule has 24 heavy (non-hydrogen) atoms. The molecule has 0 aromatic heterocycles. The maximum Gasteiger partial charge on any atom is 0.469 e. The molecule has 0 spiro atoms. The van der Waals surface area contributed by atoms with Gasteiger partial charge in [0.15, 0.2) is 0 Å². The van der Waals surface area contributed by atoms with Crippen molar-refractivity contribution in [3.63, 3.8) is 0 Å². The summed E-state index contributed by atoms with van der Waals surface area (Å²) in [7, 11) is -4.24. The Balaban J connectivity index is 0. The van der Waals surface area contributed by atoms with Crippen LogP contribution in [0.2, 0.25) is 0 Å². The molecule has 0 amide bonds. The second-order valence-electron chi connectivity index (χ2n) is 5.83. The smallest absolute Gasteiger partial charge is 0.329 e. The quantitative estimate of drug-likeness (QED) is 0.209. The first-order chi connectivity index (χ1) is 11.5. The SMILES string of the molecule is CCCCCCCCCCCCOP(=O)(O)O.NCCNCCN. The number of rotatable bonds is 16. The van der Waals surface area contributed by atoms with Crippen LogP contribution in [0.15, 0.2) is 0 Å². The van der Waals surface area contributed by atoms with E-state index >= 15 is 0 Å². The molecule has 148 valence electrons. The summed E-state index contributed by atoms with van der Waals surface area (Å²) >= 11 is 0. The van der Waals surface area contributed by atoms with E-state index < -0.39 is 7.82 Å². The molecule has 7 N–H and O–H groups in total. The fraction of sp³-hybridized carbons (Fsp3) is 1.00. The van der Waals surface area contributed by atoms with Crippen molar-refractivity contribution in [3.8, 4) is 0 Å². The zero-order valence-electron chi connectivity index (χ0n) is 15.4. The molecule has 0 rings (SSSR count). The van der Waals surface area contributed by atoms with Crippen molar-refractivity contribution >= 4 is 7.82 Å². The highest BCUT2D eigenvalue weighted by atomic mass is 31.2. The lowest BCUT2D eigenvalue weighted by Crippen LogP contribution is -2.27. The minimum absolute atomic E-state index is 0.167. The van der Waals surface area contributed by atoms with Crippen molar-refractivity contribution in [1.29, 1.82) is 0 Å². The number of unbranched alkanes of at least 4 members (excludes halogenated alkanes) is 9. The van der Waals surface area contributed by atoms with Crippen molar-refractivity contribution in [2.24, 2.45) is 11.5 Å². The summed E-state index contributed by atoms with van der Waals surface area (Å²) < 4.78 is 14.7. The van der Waals surface area contributed by atoms with Crippen LogP contribution < -0.4 is 16.8 Å². The van der Waals surface area contributed by atoms with Gasteiger partial charge >= 0.3 is 7.82 Å². The second kappa shape index (κ2) is 21.0. The first-order valence-electron chi connectivity index (χ1n) is 9.28. The minimum atomic E-state index is -4.24. The molecule has 0 aliphatic carbocycles. The molecule has 0 aromatic rings. The highest BCUT2D eigenvalue weighted by molar-refractivity contribution is 7.46. The van der Waals surface area contributed by atoms with Crippen LogP contribution in [-0.2, 0) is 9.09 Å². The fourth-order valence-corrected chi connectivity index (χ4v) is 2.47. The Kier molecular flexibility index (Phi) is 23.0. The highest BCUT2D eigenvalue weighted by Crippen LogP contribution is 2.35. The number of phosphoric acid groups is 1. The minimum Gasteiger partial charge on any atom is -0.329 e. The van der Waals surface area contributed by atoms with Crippen LogP contribution in [0.25, 0.3) is 0 Å². The highest BCUT2D eigenvalue weighted by Gasteiger charge is 2.12. The largest absolute Gasteiger partial charge is 0.469 e. The van der Waals surface area contributed by atoms with E-state index in [4.69, 9.17) is 21.3 Å². The molecule has 0 atom stereocenters. The van der Waals surface area contributed by atoms with E-state index in [-0.39, 0.29) is 6.61 Å². The summed E-state index contributed by atoms with van der Waals surface area (Å²) in [6.45, 7) is 5.52. The lowest BCUT2D eigenvalue weighted by molar-refractivity contribution is 0.193. The average molecular weight is 369 g/mol. The average Bonchev–Trinajstić information content (AvgIpc) is 2.53. The molecule has 0 aliphatic rings. The van der Waals surface area contributed by atoms with Gasteiger partial charge in [0.25, 0.3) is 0 Å². The van der Waals surface area contributed by atoms with E-state index in [0.717, 1.165) is 32.4 Å². The topological polar surface area (TPSA) is 131 Å².